The summed E-state index contributed by atoms with van der Waals surface area (Å²) in [6.07, 6.45) is 4.61. The number of benzene rings is 1. The second-order valence-corrected chi connectivity index (χ2v) is 4.17. The summed E-state index contributed by atoms with van der Waals surface area (Å²) in [7, 11) is 0. The van der Waals surface area contributed by atoms with Gasteiger partial charge in [0.1, 0.15) is 12.4 Å². The monoisotopic (exact) mass is 243 g/mol. The second-order valence-electron chi connectivity index (χ2n) is 4.17. The number of aliphatic hydroxyl groups is 1. The quantitative estimate of drug-likeness (QED) is 0.847. The standard InChI is InChI=1S/C15H17NO2/c17-14(7-6-13-8-10-16-11-9-13)12-18-15-4-2-1-3-5-15/h1-5,8-11,14,17H,6-7,12H2/t14-/m1/s1. The van der Waals surface area contributed by atoms with Gasteiger partial charge < -0.3 is 9.84 Å². The molecule has 1 N–H and O–H groups in total. The average Bonchev–Trinajstić information content (AvgIpc) is 2.45. The number of aliphatic hydroxyl groups excluding tert-OH is 1. The number of ether oxygens (including phenoxy) is 1. The Bertz CT molecular complexity index is 401. The molecule has 18 heavy (non-hydrogen) atoms. The van der Waals surface area contributed by atoms with Crippen molar-refractivity contribution >= 4 is 0 Å². The highest BCUT2D eigenvalue weighted by molar-refractivity contribution is 5.20. The minimum Gasteiger partial charge on any atom is -0.491 e. The van der Waals surface area contributed by atoms with Crippen molar-refractivity contribution in [1.82, 2.24) is 4.98 Å². The van der Waals surface area contributed by atoms with Crippen LogP contribution in [-0.2, 0) is 6.42 Å². The molecular formula is C15H17NO2. The van der Waals surface area contributed by atoms with Crippen LogP contribution in [0.15, 0.2) is 54.9 Å². The van der Waals surface area contributed by atoms with Crippen LogP contribution in [0.1, 0.15) is 12.0 Å². The number of para-hydroxylation sites is 1. The molecule has 3 heteroatoms. The molecule has 2 rings (SSSR count). The molecule has 1 aromatic heterocycles. The van der Waals surface area contributed by atoms with Crippen molar-refractivity contribution in [1.29, 1.82) is 0 Å². The van der Waals surface area contributed by atoms with Gasteiger partial charge in [-0.1, -0.05) is 18.2 Å². The van der Waals surface area contributed by atoms with E-state index in [0.29, 0.717) is 13.0 Å². The Morgan fingerprint density at radius 2 is 1.78 bits per heavy atom. The minimum atomic E-state index is -0.446. The lowest BCUT2D eigenvalue weighted by molar-refractivity contribution is 0.100. The predicted molar refractivity (Wildman–Crippen MR) is 70.5 cm³/mol. The molecule has 0 bridgehead atoms. The molecule has 0 aliphatic carbocycles. The molecule has 0 aliphatic heterocycles. The van der Waals surface area contributed by atoms with Crippen LogP contribution in [0.4, 0.5) is 0 Å². The van der Waals surface area contributed by atoms with Gasteiger partial charge in [-0.15, -0.1) is 0 Å². The molecule has 0 amide bonds. The molecule has 94 valence electrons. The van der Waals surface area contributed by atoms with Crippen LogP contribution >= 0.6 is 0 Å². The molecule has 0 unspecified atom stereocenters. The lowest BCUT2D eigenvalue weighted by Gasteiger charge is -2.12. The Morgan fingerprint density at radius 3 is 2.50 bits per heavy atom. The maximum atomic E-state index is 9.83. The van der Waals surface area contributed by atoms with Gasteiger partial charge in [-0.05, 0) is 42.7 Å². The average molecular weight is 243 g/mol. The Kier molecular flexibility index (Phi) is 4.73. The molecule has 0 fully saturated rings. The SMILES string of the molecule is O[C@H](CCc1ccncc1)COc1ccccc1. The Hall–Kier alpha value is -1.87. The van der Waals surface area contributed by atoms with Crippen molar-refractivity contribution in [3.63, 3.8) is 0 Å². The smallest absolute Gasteiger partial charge is 0.119 e. The zero-order chi connectivity index (χ0) is 12.6. The van der Waals surface area contributed by atoms with E-state index in [2.05, 4.69) is 4.98 Å². The molecule has 1 heterocycles. The van der Waals surface area contributed by atoms with Crippen LogP contribution in [0.5, 0.6) is 5.75 Å². The fourth-order valence-electron chi connectivity index (χ4n) is 1.68. The van der Waals surface area contributed by atoms with E-state index in [4.69, 9.17) is 4.74 Å². The van der Waals surface area contributed by atoms with Crippen molar-refractivity contribution in [2.24, 2.45) is 0 Å². The third kappa shape index (κ3) is 4.18. The van der Waals surface area contributed by atoms with Crippen molar-refractivity contribution in [3.05, 3.63) is 60.4 Å². The molecule has 3 nitrogen and oxygen atoms in total. The van der Waals surface area contributed by atoms with Crippen molar-refractivity contribution < 1.29 is 9.84 Å². The van der Waals surface area contributed by atoms with E-state index in [0.717, 1.165) is 12.2 Å². The van der Waals surface area contributed by atoms with E-state index in [9.17, 15) is 5.11 Å². The summed E-state index contributed by atoms with van der Waals surface area (Å²) in [5, 5.41) is 9.83. The van der Waals surface area contributed by atoms with Gasteiger partial charge in [0.15, 0.2) is 0 Å². The number of hydrogen-bond acceptors (Lipinski definition) is 3. The highest BCUT2D eigenvalue weighted by Crippen LogP contribution is 2.10. The second kappa shape index (κ2) is 6.77. The van der Waals surface area contributed by atoms with Crippen LogP contribution in [-0.4, -0.2) is 22.8 Å². The summed E-state index contributed by atoms with van der Waals surface area (Å²) in [6, 6.07) is 13.5. The topological polar surface area (TPSA) is 42.4 Å². The van der Waals surface area contributed by atoms with Gasteiger partial charge in [0.05, 0.1) is 6.10 Å². The zero-order valence-electron chi connectivity index (χ0n) is 10.2. The Morgan fingerprint density at radius 1 is 1.06 bits per heavy atom. The summed E-state index contributed by atoms with van der Waals surface area (Å²) in [5.41, 5.74) is 1.18. The van der Waals surface area contributed by atoms with E-state index >= 15 is 0 Å². The van der Waals surface area contributed by atoms with Gasteiger partial charge >= 0.3 is 0 Å². The predicted octanol–water partition coefficient (Wildman–Crippen LogP) is 2.45. The van der Waals surface area contributed by atoms with E-state index in [1.54, 1.807) is 12.4 Å². The van der Waals surface area contributed by atoms with Gasteiger partial charge in [0, 0.05) is 12.4 Å². The third-order valence-corrected chi connectivity index (χ3v) is 2.70. The zero-order valence-corrected chi connectivity index (χ0v) is 10.2. The molecule has 1 aromatic carbocycles. The molecule has 1 atom stereocenters. The van der Waals surface area contributed by atoms with Gasteiger partial charge in [0.2, 0.25) is 0 Å². The van der Waals surface area contributed by atoms with Crippen LogP contribution in [0.25, 0.3) is 0 Å². The number of pyridine rings is 1. The third-order valence-electron chi connectivity index (χ3n) is 2.70. The van der Waals surface area contributed by atoms with Crippen LogP contribution in [0.2, 0.25) is 0 Å². The first-order chi connectivity index (χ1) is 8.84. The number of aryl methyl sites for hydroxylation is 1. The minimum absolute atomic E-state index is 0.328. The lowest BCUT2D eigenvalue weighted by Crippen LogP contribution is -2.18. The Balaban J connectivity index is 1.71. The molecule has 0 saturated heterocycles. The summed E-state index contributed by atoms with van der Waals surface area (Å²) in [6.45, 7) is 0.328. The van der Waals surface area contributed by atoms with E-state index in [1.165, 1.54) is 5.56 Å². The number of nitrogens with zero attached hydrogens (tertiary/aromatic N) is 1. The maximum absolute atomic E-state index is 9.83. The molecule has 0 spiro atoms. The van der Waals surface area contributed by atoms with Crippen LogP contribution in [0.3, 0.4) is 0 Å². The summed E-state index contributed by atoms with van der Waals surface area (Å²) >= 11 is 0. The fraction of sp³-hybridized carbons (Fsp3) is 0.267. The van der Waals surface area contributed by atoms with Crippen molar-refractivity contribution in [2.45, 2.75) is 18.9 Å². The normalized spacial score (nSPS) is 12.1. The van der Waals surface area contributed by atoms with Gasteiger partial charge in [-0.25, -0.2) is 0 Å². The first-order valence-electron chi connectivity index (χ1n) is 6.09. The van der Waals surface area contributed by atoms with Gasteiger partial charge in [-0.2, -0.15) is 0 Å². The number of hydrogen-bond donors (Lipinski definition) is 1. The van der Waals surface area contributed by atoms with Crippen LogP contribution < -0.4 is 4.74 Å². The molecule has 0 aliphatic rings. The number of aromatic nitrogens is 1. The van der Waals surface area contributed by atoms with E-state index < -0.39 is 6.10 Å². The summed E-state index contributed by atoms with van der Waals surface area (Å²) < 4.78 is 5.49. The van der Waals surface area contributed by atoms with Crippen molar-refractivity contribution in [3.8, 4) is 5.75 Å². The first kappa shape index (κ1) is 12.6. The number of rotatable bonds is 6. The fourth-order valence-corrected chi connectivity index (χ4v) is 1.68. The Labute approximate surface area is 107 Å². The van der Waals surface area contributed by atoms with Gasteiger partial charge in [0.25, 0.3) is 0 Å². The molecular weight excluding hydrogens is 226 g/mol. The highest BCUT2D eigenvalue weighted by Gasteiger charge is 2.05. The highest BCUT2D eigenvalue weighted by atomic mass is 16.5. The summed E-state index contributed by atoms with van der Waals surface area (Å²) in [4.78, 5) is 3.96. The summed E-state index contributed by atoms with van der Waals surface area (Å²) in [5.74, 6) is 0.792. The molecule has 0 saturated carbocycles. The largest absolute Gasteiger partial charge is 0.491 e. The van der Waals surface area contributed by atoms with E-state index in [-0.39, 0.29) is 0 Å². The molecule has 0 radical (unpaired) electrons. The van der Waals surface area contributed by atoms with E-state index in [1.807, 2.05) is 42.5 Å². The first-order valence-corrected chi connectivity index (χ1v) is 6.09. The maximum Gasteiger partial charge on any atom is 0.119 e. The van der Waals surface area contributed by atoms with Gasteiger partial charge in [-0.3, -0.25) is 4.98 Å². The lowest BCUT2D eigenvalue weighted by atomic mass is 10.1. The molecule has 2 aromatic rings. The van der Waals surface area contributed by atoms with Crippen LogP contribution in [0, 0.1) is 0 Å². The van der Waals surface area contributed by atoms with Crippen molar-refractivity contribution in [2.75, 3.05) is 6.61 Å².